The summed E-state index contributed by atoms with van der Waals surface area (Å²) in [6.45, 7) is 3.97. The van der Waals surface area contributed by atoms with Gasteiger partial charge in [-0.05, 0) is 59.9 Å². The molecule has 142 valence electrons. The zero-order valence-corrected chi connectivity index (χ0v) is 16.4. The topological polar surface area (TPSA) is 56.3 Å². The third kappa shape index (κ3) is 4.52. The number of Topliss-reactive ketones (excluding diaryl/α,β-unsaturated/α-hetero) is 1. The summed E-state index contributed by atoms with van der Waals surface area (Å²) in [5.74, 6) is -0.216. The van der Waals surface area contributed by atoms with E-state index in [4.69, 9.17) is 4.74 Å². The molecular formula is C24H23NO3. The minimum absolute atomic E-state index is 0.137. The molecule has 0 radical (unpaired) electrons. The van der Waals surface area contributed by atoms with E-state index in [-0.39, 0.29) is 11.8 Å². The third-order valence-corrected chi connectivity index (χ3v) is 4.81. The molecule has 1 heterocycles. The lowest BCUT2D eigenvalue weighted by atomic mass is 9.96. The number of rotatable bonds is 6. The Morgan fingerprint density at radius 2 is 1.68 bits per heavy atom. The second-order valence-corrected chi connectivity index (χ2v) is 6.88. The van der Waals surface area contributed by atoms with E-state index in [1.54, 1.807) is 12.3 Å². The molecule has 0 aliphatic heterocycles. The van der Waals surface area contributed by atoms with Gasteiger partial charge in [0.05, 0.1) is 18.4 Å². The lowest BCUT2D eigenvalue weighted by Crippen LogP contribution is -2.09. The van der Waals surface area contributed by atoms with Crippen LogP contribution in [-0.4, -0.2) is 23.8 Å². The van der Waals surface area contributed by atoms with Crippen molar-refractivity contribution in [1.29, 1.82) is 0 Å². The number of pyridine rings is 1. The first-order chi connectivity index (χ1) is 13.5. The van der Waals surface area contributed by atoms with Crippen LogP contribution in [0.25, 0.3) is 11.1 Å². The largest absolute Gasteiger partial charge is 0.465 e. The lowest BCUT2D eigenvalue weighted by molar-refractivity contribution is -0.117. The van der Waals surface area contributed by atoms with Crippen molar-refractivity contribution in [3.63, 3.8) is 0 Å². The highest BCUT2D eigenvalue weighted by molar-refractivity contribution is 5.91. The smallest absolute Gasteiger partial charge is 0.337 e. The van der Waals surface area contributed by atoms with E-state index in [2.05, 4.69) is 4.98 Å². The molecule has 0 aliphatic carbocycles. The second-order valence-electron chi connectivity index (χ2n) is 6.88. The number of aromatic nitrogens is 1. The van der Waals surface area contributed by atoms with Crippen LogP contribution in [0.4, 0.5) is 0 Å². The fraction of sp³-hybridized carbons (Fsp3) is 0.208. The molecule has 0 amide bonds. The van der Waals surface area contributed by atoms with E-state index in [0.29, 0.717) is 18.4 Å². The van der Waals surface area contributed by atoms with Gasteiger partial charge in [-0.2, -0.15) is 0 Å². The number of ether oxygens (including phenoxy) is 1. The van der Waals surface area contributed by atoms with Gasteiger partial charge in [0.2, 0.25) is 0 Å². The standard InChI is InChI=1S/C24H23NO3/c1-16-6-9-20(24(27)28-3)14-22(16)19-10-7-18(8-11-19)13-21(26)15-23-17(2)5-4-12-25-23/h4-12,14H,13,15H2,1-3H3. The van der Waals surface area contributed by atoms with Gasteiger partial charge in [0, 0.05) is 19.0 Å². The van der Waals surface area contributed by atoms with Crippen LogP contribution in [0, 0.1) is 13.8 Å². The van der Waals surface area contributed by atoms with Crippen LogP contribution < -0.4 is 0 Å². The van der Waals surface area contributed by atoms with Crippen molar-refractivity contribution < 1.29 is 14.3 Å². The van der Waals surface area contributed by atoms with Gasteiger partial charge in [0.1, 0.15) is 5.78 Å². The highest BCUT2D eigenvalue weighted by Gasteiger charge is 2.11. The molecule has 28 heavy (non-hydrogen) atoms. The van der Waals surface area contributed by atoms with E-state index in [9.17, 15) is 9.59 Å². The molecule has 0 fully saturated rings. The summed E-state index contributed by atoms with van der Waals surface area (Å²) < 4.78 is 4.81. The Kier molecular flexibility index (Phi) is 5.99. The van der Waals surface area contributed by atoms with Crippen LogP contribution in [0.1, 0.15) is 32.7 Å². The summed E-state index contributed by atoms with van der Waals surface area (Å²) in [4.78, 5) is 28.5. The van der Waals surface area contributed by atoms with Crippen LogP contribution in [0.3, 0.4) is 0 Å². The fourth-order valence-electron chi connectivity index (χ4n) is 3.16. The Hall–Kier alpha value is -3.27. The Morgan fingerprint density at radius 1 is 0.929 bits per heavy atom. The molecule has 4 heteroatoms. The number of hydrogen-bond donors (Lipinski definition) is 0. The van der Waals surface area contributed by atoms with Crippen LogP contribution in [0.15, 0.2) is 60.8 Å². The molecule has 0 N–H and O–H groups in total. The Morgan fingerprint density at radius 3 is 2.36 bits per heavy atom. The summed E-state index contributed by atoms with van der Waals surface area (Å²) in [6.07, 6.45) is 2.43. The summed E-state index contributed by atoms with van der Waals surface area (Å²) in [5, 5.41) is 0. The van der Waals surface area contributed by atoms with E-state index in [1.807, 2.05) is 62.4 Å². The normalized spacial score (nSPS) is 10.5. The number of aryl methyl sites for hydroxylation is 2. The Balaban J connectivity index is 1.74. The average molecular weight is 373 g/mol. The molecule has 0 atom stereocenters. The average Bonchev–Trinajstić information content (AvgIpc) is 2.70. The molecule has 3 rings (SSSR count). The highest BCUT2D eigenvalue weighted by atomic mass is 16.5. The molecule has 0 bridgehead atoms. The number of nitrogens with zero attached hydrogens (tertiary/aromatic N) is 1. The molecule has 0 aliphatic rings. The molecule has 1 aromatic heterocycles. The SMILES string of the molecule is COC(=O)c1ccc(C)c(-c2ccc(CC(=O)Cc3ncccc3C)cc2)c1. The molecule has 4 nitrogen and oxygen atoms in total. The van der Waals surface area contributed by atoms with E-state index >= 15 is 0 Å². The fourth-order valence-corrected chi connectivity index (χ4v) is 3.16. The summed E-state index contributed by atoms with van der Waals surface area (Å²) >= 11 is 0. The predicted molar refractivity (Wildman–Crippen MR) is 109 cm³/mol. The van der Waals surface area contributed by atoms with Crippen molar-refractivity contribution in [3.8, 4) is 11.1 Å². The minimum Gasteiger partial charge on any atom is -0.465 e. The summed E-state index contributed by atoms with van der Waals surface area (Å²) in [7, 11) is 1.38. The van der Waals surface area contributed by atoms with Crippen LogP contribution in [0.2, 0.25) is 0 Å². The van der Waals surface area contributed by atoms with Gasteiger partial charge in [0.15, 0.2) is 0 Å². The first-order valence-electron chi connectivity index (χ1n) is 9.18. The maximum Gasteiger partial charge on any atom is 0.337 e. The van der Waals surface area contributed by atoms with Gasteiger partial charge in [-0.15, -0.1) is 0 Å². The van der Waals surface area contributed by atoms with Gasteiger partial charge in [-0.3, -0.25) is 9.78 Å². The lowest BCUT2D eigenvalue weighted by Gasteiger charge is -2.10. The number of carbonyl (C=O) groups is 2. The van der Waals surface area contributed by atoms with Crippen molar-refractivity contribution in [1.82, 2.24) is 4.98 Å². The van der Waals surface area contributed by atoms with E-state index in [1.165, 1.54) is 7.11 Å². The molecule has 2 aromatic carbocycles. The van der Waals surface area contributed by atoms with Gasteiger partial charge in [-0.1, -0.05) is 36.4 Å². The molecule has 3 aromatic rings. The third-order valence-electron chi connectivity index (χ3n) is 4.81. The molecular weight excluding hydrogens is 350 g/mol. The highest BCUT2D eigenvalue weighted by Crippen LogP contribution is 2.25. The number of methoxy groups -OCH3 is 1. The van der Waals surface area contributed by atoms with Crippen molar-refractivity contribution in [2.45, 2.75) is 26.7 Å². The maximum absolute atomic E-state index is 12.4. The summed E-state index contributed by atoms with van der Waals surface area (Å²) in [5.41, 5.74) is 6.40. The Bertz CT molecular complexity index is 1010. The Labute approximate surface area is 165 Å². The van der Waals surface area contributed by atoms with Gasteiger partial charge < -0.3 is 4.74 Å². The van der Waals surface area contributed by atoms with Crippen molar-refractivity contribution >= 4 is 11.8 Å². The van der Waals surface area contributed by atoms with Crippen molar-refractivity contribution in [3.05, 3.63) is 88.7 Å². The first kappa shape index (κ1) is 19.5. The van der Waals surface area contributed by atoms with E-state index in [0.717, 1.165) is 33.5 Å². The van der Waals surface area contributed by atoms with Gasteiger partial charge >= 0.3 is 5.97 Å². The number of benzene rings is 2. The number of ketones is 1. The number of esters is 1. The van der Waals surface area contributed by atoms with Crippen LogP contribution in [-0.2, 0) is 22.4 Å². The van der Waals surface area contributed by atoms with Crippen LogP contribution in [0.5, 0.6) is 0 Å². The second kappa shape index (κ2) is 8.61. The van der Waals surface area contributed by atoms with E-state index < -0.39 is 0 Å². The van der Waals surface area contributed by atoms with Gasteiger partial charge in [0.25, 0.3) is 0 Å². The number of hydrogen-bond acceptors (Lipinski definition) is 4. The zero-order chi connectivity index (χ0) is 20.1. The van der Waals surface area contributed by atoms with Crippen molar-refractivity contribution in [2.24, 2.45) is 0 Å². The first-order valence-corrected chi connectivity index (χ1v) is 9.18. The monoisotopic (exact) mass is 373 g/mol. The van der Waals surface area contributed by atoms with Crippen molar-refractivity contribution in [2.75, 3.05) is 7.11 Å². The minimum atomic E-state index is -0.353. The van der Waals surface area contributed by atoms with Gasteiger partial charge in [-0.25, -0.2) is 4.79 Å². The molecule has 0 spiro atoms. The maximum atomic E-state index is 12.4. The zero-order valence-electron chi connectivity index (χ0n) is 16.4. The summed E-state index contributed by atoms with van der Waals surface area (Å²) in [6, 6.07) is 17.2. The molecule has 0 saturated heterocycles. The predicted octanol–water partition coefficient (Wildman–Crippen LogP) is 4.51. The quantitative estimate of drug-likeness (QED) is 0.597. The number of carbonyl (C=O) groups excluding carboxylic acids is 2. The molecule has 0 saturated carbocycles. The molecule has 0 unspecified atom stereocenters. The van der Waals surface area contributed by atoms with Crippen LogP contribution >= 0.6 is 0 Å².